The fourth-order valence-electron chi connectivity index (χ4n) is 2.85. The summed E-state index contributed by atoms with van der Waals surface area (Å²) in [6.07, 6.45) is 0.960. The maximum absolute atomic E-state index is 12.8. The zero-order valence-electron chi connectivity index (χ0n) is 16.6. The highest BCUT2D eigenvalue weighted by Crippen LogP contribution is 2.37. The minimum atomic E-state index is -0.206. The maximum atomic E-state index is 12.8. The molecular formula is C24H24BrNO3. The largest absolute Gasteiger partial charge is 0.489 e. The Morgan fingerprint density at radius 1 is 0.931 bits per heavy atom. The second kappa shape index (κ2) is 10.1. The minimum Gasteiger partial charge on any atom is -0.489 e. The van der Waals surface area contributed by atoms with Gasteiger partial charge in [-0.1, -0.05) is 49.4 Å². The van der Waals surface area contributed by atoms with E-state index in [1.807, 2.05) is 61.5 Å². The van der Waals surface area contributed by atoms with E-state index in [0.29, 0.717) is 34.7 Å². The highest BCUT2D eigenvalue weighted by Gasteiger charge is 2.16. The molecule has 0 saturated heterocycles. The van der Waals surface area contributed by atoms with E-state index in [2.05, 4.69) is 28.2 Å². The summed E-state index contributed by atoms with van der Waals surface area (Å²) in [6.45, 7) is 4.89. The topological polar surface area (TPSA) is 47.6 Å². The molecule has 0 radical (unpaired) electrons. The monoisotopic (exact) mass is 453 g/mol. The Bertz CT molecular complexity index is 956. The van der Waals surface area contributed by atoms with Crippen molar-refractivity contribution < 1.29 is 14.3 Å². The number of carbonyl (C=O) groups is 1. The number of nitrogens with one attached hydrogen (secondary N) is 1. The summed E-state index contributed by atoms with van der Waals surface area (Å²) in [6, 6.07) is 21.2. The smallest absolute Gasteiger partial charge is 0.255 e. The predicted molar refractivity (Wildman–Crippen MR) is 120 cm³/mol. The molecule has 1 N–H and O–H groups in total. The van der Waals surface area contributed by atoms with Crippen LogP contribution in [0.1, 0.15) is 35.3 Å². The van der Waals surface area contributed by atoms with Gasteiger partial charge in [-0.2, -0.15) is 0 Å². The molecule has 0 spiro atoms. The van der Waals surface area contributed by atoms with Crippen LogP contribution in [0.4, 0.5) is 5.69 Å². The average molecular weight is 454 g/mol. The summed E-state index contributed by atoms with van der Waals surface area (Å²) in [5.41, 5.74) is 3.51. The maximum Gasteiger partial charge on any atom is 0.255 e. The molecule has 3 aromatic carbocycles. The Morgan fingerprint density at radius 3 is 2.31 bits per heavy atom. The molecule has 0 aliphatic carbocycles. The third-order valence-electron chi connectivity index (χ3n) is 4.42. The first-order chi connectivity index (χ1) is 14.1. The Kier molecular flexibility index (Phi) is 7.30. The lowest BCUT2D eigenvalue weighted by molar-refractivity contribution is 0.102. The van der Waals surface area contributed by atoms with Crippen molar-refractivity contribution in [3.63, 3.8) is 0 Å². The van der Waals surface area contributed by atoms with Gasteiger partial charge in [0, 0.05) is 11.3 Å². The van der Waals surface area contributed by atoms with Gasteiger partial charge in [-0.15, -0.1) is 0 Å². The van der Waals surface area contributed by atoms with Crippen LogP contribution in [0.5, 0.6) is 11.5 Å². The average Bonchev–Trinajstić information content (AvgIpc) is 2.75. The number of aryl methyl sites for hydroxylation is 1. The van der Waals surface area contributed by atoms with Crippen LogP contribution < -0.4 is 14.8 Å². The van der Waals surface area contributed by atoms with Crippen molar-refractivity contribution in [1.82, 2.24) is 0 Å². The number of halogens is 1. The van der Waals surface area contributed by atoms with Crippen LogP contribution >= 0.6 is 15.9 Å². The molecule has 29 heavy (non-hydrogen) atoms. The summed E-state index contributed by atoms with van der Waals surface area (Å²) in [4.78, 5) is 12.8. The SMILES string of the molecule is CCOc1c(Br)cc(C(=O)Nc2ccc(CC)cc2)cc1OCc1ccccc1. The van der Waals surface area contributed by atoms with E-state index >= 15 is 0 Å². The molecule has 0 bridgehead atoms. The van der Waals surface area contributed by atoms with Gasteiger partial charge in [0.25, 0.3) is 5.91 Å². The third-order valence-corrected chi connectivity index (χ3v) is 5.01. The standard InChI is InChI=1S/C24H24BrNO3/c1-3-17-10-12-20(13-11-17)26-24(27)19-14-21(25)23(28-4-2)22(15-19)29-16-18-8-6-5-7-9-18/h5-15H,3-4,16H2,1-2H3,(H,26,27). The predicted octanol–water partition coefficient (Wildman–Crippen LogP) is 6.24. The second-order valence-corrected chi connectivity index (χ2v) is 7.35. The van der Waals surface area contributed by atoms with E-state index < -0.39 is 0 Å². The van der Waals surface area contributed by atoms with Crippen molar-refractivity contribution in [2.75, 3.05) is 11.9 Å². The Hall–Kier alpha value is -2.79. The molecule has 1 amide bonds. The fourth-order valence-corrected chi connectivity index (χ4v) is 3.41. The molecule has 0 aliphatic rings. The molecule has 4 nitrogen and oxygen atoms in total. The number of hydrogen-bond donors (Lipinski definition) is 1. The summed E-state index contributed by atoms with van der Waals surface area (Å²) in [5.74, 6) is 0.909. The van der Waals surface area contributed by atoms with E-state index in [4.69, 9.17) is 9.47 Å². The van der Waals surface area contributed by atoms with Crippen LogP contribution in [0.3, 0.4) is 0 Å². The van der Waals surface area contributed by atoms with E-state index in [-0.39, 0.29) is 5.91 Å². The number of amides is 1. The van der Waals surface area contributed by atoms with E-state index in [0.717, 1.165) is 17.7 Å². The lowest BCUT2D eigenvalue weighted by atomic mass is 10.1. The van der Waals surface area contributed by atoms with Gasteiger partial charge in [-0.3, -0.25) is 4.79 Å². The van der Waals surface area contributed by atoms with Gasteiger partial charge in [0.2, 0.25) is 0 Å². The van der Waals surface area contributed by atoms with Crippen molar-refractivity contribution in [2.24, 2.45) is 0 Å². The van der Waals surface area contributed by atoms with Gasteiger partial charge in [-0.05, 0) is 64.7 Å². The van der Waals surface area contributed by atoms with Gasteiger partial charge < -0.3 is 14.8 Å². The third kappa shape index (κ3) is 5.61. The zero-order valence-corrected chi connectivity index (χ0v) is 18.2. The highest BCUT2D eigenvalue weighted by molar-refractivity contribution is 9.10. The Labute approximate surface area is 180 Å². The van der Waals surface area contributed by atoms with Gasteiger partial charge in [-0.25, -0.2) is 0 Å². The molecule has 5 heteroatoms. The van der Waals surface area contributed by atoms with Crippen LogP contribution in [0.2, 0.25) is 0 Å². The molecule has 0 atom stereocenters. The lowest BCUT2D eigenvalue weighted by Gasteiger charge is -2.15. The van der Waals surface area contributed by atoms with Gasteiger partial charge >= 0.3 is 0 Å². The summed E-state index contributed by atoms with van der Waals surface area (Å²) in [5, 5.41) is 2.93. The molecule has 0 aliphatic heterocycles. The zero-order chi connectivity index (χ0) is 20.6. The molecule has 3 aromatic rings. The highest BCUT2D eigenvalue weighted by atomic mass is 79.9. The molecule has 0 aromatic heterocycles. The van der Waals surface area contributed by atoms with Crippen molar-refractivity contribution in [3.8, 4) is 11.5 Å². The normalized spacial score (nSPS) is 10.4. The first-order valence-corrected chi connectivity index (χ1v) is 10.4. The second-order valence-electron chi connectivity index (χ2n) is 6.50. The Balaban J connectivity index is 1.82. The summed E-state index contributed by atoms with van der Waals surface area (Å²) in [7, 11) is 0. The van der Waals surface area contributed by atoms with Gasteiger partial charge in [0.15, 0.2) is 11.5 Å². The number of rotatable bonds is 8. The van der Waals surface area contributed by atoms with Gasteiger partial charge in [0.05, 0.1) is 11.1 Å². The number of carbonyl (C=O) groups excluding carboxylic acids is 1. The molecule has 150 valence electrons. The van der Waals surface area contributed by atoms with Crippen LogP contribution in [0.25, 0.3) is 0 Å². The quantitative estimate of drug-likeness (QED) is 0.438. The van der Waals surface area contributed by atoms with Gasteiger partial charge in [0.1, 0.15) is 6.61 Å². The molecular weight excluding hydrogens is 430 g/mol. The summed E-state index contributed by atoms with van der Waals surface area (Å²) < 4.78 is 12.4. The van der Waals surface area contributed by atoms with Crippen LogP contribution in [0.15, 0.2) is 71.2 Å². The molecule has 0 saturated carbocycles. The number of ether oxygens (including phenoxy) is 2. The number of anilines is 1. The minimum absolute atomic E-state index is 0.206. The van der Waals surface area contributed by atoms with Crippen molar-refractivity contribution in [3.05, 3.63) is 87.9 Å². The van der Waals surface area contributed by atoms with Crippen molar-refractivity contribution in [1.29, 1.82) is 0 Å². The van der Waals surface area contributed by atoms with Crippen LogP contribution in [0, 0.1) is 0 Å². The lowest BCUT2D eigenvalue weighted by Crippen LogP contribution is -2.13. The molecule has 0 fully saturated rings. The first kappa shape index (κ1) is 20.9. The van der Waals surface area contributed by atoms with Crippen LogP contribution in [-0.4, -0.2) is 12.5 Å². The van der Waals surface area contributed by atoms with Crippen molar-refractivity contribution in [2.45, 2.75) is 26.9 Å². The van der Waals surface area contributed by atoms with E-state index in [9.17, 15) is 4.79 Å². The van der Waals surface area contributed by atoms with E-state index in [1.165, 1.54) is 5.56 Å². The van der Waals surface area contributed by atoms with E-state index in [1.54, 1.807) is 12.1 Å². The first-order valence-electron chi connectivity index (χ1n) is 9.64. The Morgan fingerprint density at radius 2 is 1.66 bits per heavy atom. The molecule has 0 unspecified atom stereocenters. The molecule has 0 heterocycles. The fraction of sp³-hybridized carbons (Fsp3) is 0.208. The van der Waals surface area contributed by atoms with Crippen molar-refractivity contribution >= 4 is 27.5 Å². The summed E-state index contributed by atoms with van der Waals surface area (Å²) >= 11 is 3.51. The van der Waals surface area contributed by atoms with Crippen LogP contribution in [-0.2, 0) is 13.0 Å². The number of benzene rings is 3. The number of hydrogen-bond acceptors (Lipinski definition) is 3. The molecule has 3 rings (SSSR count).